The van der Waals surface area contributed by atoms with Crippen molar-refractivity contribution in [2.45, 2.75) is 31.2 Å². The largest absolute Gasteiger partial charge is 0.573 e. The molecule has 2 aromatic heterocycles. The normalized spacial score (nSPS) is 17.8. The van der Waals surface area contributed by atoms with Crippen LogP contribution in [0.3, 0.4) is 0 Å². The van der Waals surface area contributed by atoms with Crippen LogP contribution in [0.5, 0.6) is 5.75 Å². The maximum atomic E-state index is 14.0. The number of nitrogens with two attached hydrogens (primary N) is 1. The Bertz CT molecular complexity index is 1020. The number of likely N-dealkylation sites (tertiary alicyclic amines) is 1. The molecule has 2 amide bonds. The van der Waals surface area contributed by atoms with Crippen molar-refractivity contribution in [3.8, 4) is 5.75 Å². The molecule has 0 bridgehead atoms. The van der Waals surface area contributed by atoms with Gasteiger partial charge in [-0.3, -0.25) is 4.79 Å². The Hall–Kier alpha value is -3.71. The summed E-state index contributed by atoms with van der Waals surface area (Å²) >= 11 is 0. The zero-order chi connectivity index (χ0) is 24.2. The van der Waals surface area contributed by atoms with Crippen molar-refractivity contribution in [1.29, 1.82) is 0 Å². The molecule has 3 N–H and O–H groups in total. The third-order valence-electron chi connectivity index (χ3n) is 4.55. The van der Waals surface area contributed by atoms with Gasteiger partial charge in [0.2, 0.25) is 0 Å². The Morgan fingerprint density at radius 3 is 2.70 bits per heavy atom. The smallest absolute Gasteiger partial charge is 0.448 e. The van der Waals surface area contributed by atoms with E-state index in [1.54, 1.807) is 0 Å². The van der Waals surface area contributed by atoms with Crippen molar-refractivity contribution >= 4 is 23.6 Å². The minimum absolute atomic E-state index is 0.0196. The average Bonchev–Trinajstić information content (AvgIpc) is 2.71. The number of nitrogens with one attached hydrogen (secondary N) is 1. The lowest BCUT2D eigenvalue weighted by molar-refractivity contribution is -0.274. The van der Waals surface area contributed by atoms with E-state index in [1.807, 2.05) is 0 Å². The second kappa shape index (κ2) is 9.42. The second-order valence-corrected chi connectivity index (χ2v) is 7.07. The number of alkyl halides is 5. The van der Waals surface area contributed by atoms with E-state index < -0.39 is 49.0 Å². The van der Waals surface area contributed by atoms with Gasteiger partial charge in [-0.05, 0) is 24.6 Å². The summed E-state index contributed by atoms with van der Waals surface area (Å²) in [5, 5.41) is 2.62. The van der Waals surface area contributed by atoms with E-state index in [2.05, 4.69) is 24.8 Å². The average molecular weight is 475 g/mol. The predicted molar refractivity (Wildman–Crippen MR) is 103 cm³/mol. The Labute approximate surface area is 183 Å². The molecular formula is C19H18F5N5O4. The fraction of sp³-hybridized carbons (Fsp3) is 0.368. The van der Waals surface area contributed by atoms with Crippen molar-refractivity contribution in [2.24, 2.45) is 5.73 Å². The molecule has 14 heteroatoms. The first-order valence-corrected chi connectivity index (χ1v) is 9.49. The zero-order valence-corrected chi connectivity index (χ0v) is 16.8. The van der Waals surface area contributed by atoms with Crippen LogP contribution in [0, 0.1) is 0 Å². The number of pyridine rings is 2. The summed E-state index contributed by atoms with van der Waals surface area (Å²) in [5.41, 5.74) is 4.70. The second-order valence-electron chi connectivity index (χ2n) is 7.07. The lowest BCUT2D eigenvalue weighted by Gasteiger charge is -2.38. The van der Waals surface area contributed by atoms with Gasteiger partial charge in [-0.25, -0.2) is 23.5 Å². The molecule has 33 heavy (non-hydrogen) atoms. The summed E-state index contributed by atoms with van der Waals surface area (Å²) in [6.07, 6.45) is -5.56. The van der Waals surface area contributed by atoms with Crippen LogP contribution in [0.1, 0.15) is 23.3 Å². The molecule has 0 unspecified atom stereocenters. The molecule has 9 nitrogen and oxygen atoms in total. The van der Waals surface area contributed by atoms with Gasteiger partial charge in [0.15, 0.2) is 0 Å². The highest BCUT2D eigenvalue weighted by Crippen LogP contribution is 2.31. The van der Waals surface area contributed by atoms with Gasteiger partial charge in [-0.15, -0.1) is 13.2 Å². The van der Waals surface area contributed by atoms with Crippen LogP contribution in [0.2, 0.25) is 0 Å². The minimum Gasteiger partial charge on any atom is -0.448 e. The Balaban J connectivity index is 1.78. The van der Waals surface area contributed by atoms with Gasteiger partial charge in [0.05, 0.1) is 12.6 Å². The Morgan fingerprint density at radius 1 is 1.24 bits per heavy atom. The number of carbonyl (C=O) groups excluding carboxylic acids is 2. The highest BCUT2D eigenvalue weighted by molar-refractivity contribution is 5.93. The maximum absolute atomic E-state index is 14.0. The van der Waals surface area contributed by atoms with E-state index in [0.29, 0.717) is 0 Å². The predicted octanol–water partition coefficient (Wildman–Crippen LogP) is 3.45. The summed E-state index contributed by atoms with van der Waals surface area (Å²) < 4.78 is 73.6. The number of hydrogen-bond donors (Lipinski definition) is 2. The van der Waals surface area contributed by atoms with Crippen molar-refractivity contribution in [2.75, 3.05) is 18.5 Å². The lowest BCUT2D eigenvalue weighted by atomic mass is 9.99. The number of amides is 2. The fourth-order valence-electron chi connectivity index (χ4n) is 3.16. The number of piperidine rings is 1. The number of nitrogens with zero attached hydrogens (tertiary/aromatic N) is 3. The van der Waals surface area contributed by atoms with Crippen molar-refractivity contribution < 1.29 is 41.0 Å². The Kier molecular flexibility index (Phi) is 6.84. The molecule has 178 valence electrons. The molecule has 1 aliphatic heterocycles. The van der Waals surface area contributed by atoms with Crippen molar-refractivity contribution in [3.05, 3.63) is 42.2 Å². The summed E-state index contributed by atoms with van der Waals surface area (Å²) in [6, 6.07) is 5.20. The summed E-state index contributed by atoms with van der Waals surface area (Å²) in [5.74, 6) is -4.56. The third kappa shape index (κ3) is 6.89. The third-order valence-corrected chi connectivity index (χ3v) is 4.55. The standard InChI is InChI=1S/C19H18F5N5O4/c20-18(21)6-4-11(9-32-17(25)31)29(10-18)16(30)13-2-1-3-14(27-13)28-15-8-12(5-7-26-15)33-19(22,23)24/h1-3,5,7-8,11H,4,6,9-10H2,(H2,25,31)(H,26,27,28)/t11-/m1/s1. The molecule has 3 rings (SSSR count). The molecule has 0 spiro atoms. The van der Waals surface area contributed by atoms with Gasteiger partial charge in [0.25, 0.3) is 11.8 Å². The molecule has 1 fully saturated rings. The SMILES string of the molecule is NC(=O)OC[C@H]1CCC(F)(F)CN1C(=O)c1cccc(Nc2cc(OC(F)(F)F)ccn2)n1. The molecule has 1 aliphatic rings. The van der Waals surface area contributed by atoms with Crippen LogP contribution in [0.4, 0.5) is 38.4 Å². The molecule has 0 radical (unpaired) electrons. The first-order valence-electron chi connectivity index (χ1n) is 9.49. The lowest BCUT2D eigenvalue weighted by Crippen LogP contribution is -2.53. The number of ether oxygens (including phenoxy) is 2. The van der Waals surface area contributed by atoms with E-state index in [-0.39, 0.29) is 30.4 Å². The Morgan fingerprint density at radius 2 is 2.00 bits per heavy atom. The van der Waals surface area contributed by atoms with Gasteiger partial charge >= 0.3 is 12.5 Å². The first kappa shape index (κ1) is 23.9. The van der Waals surface area contributed by atoms with Gasteiger partial charge < -0.3 is 25.4 Å². The van der Waals surface area contributed by atoms with Crippen LogP contribution in [0.15, 0.2) is 36.5 Å². The number of aromatic nitrogens is 2. The zero-order valence-electron chi connectivity index (χ0n) is 16.8. The van der Waals surface area contributed by atoms with Crippen LogP contribution in [0.25, 0.3) is 0 Å². The molecule has 1 atom stereocenters. The van der Waals surface area contributed by atoms with Crippen LogP contribution in [-0.2, 0) is 4.74 Å². The molecule has 1 saturated heterocycles. The fourth-order valence-corrected chi connectivity index (χ4v) is 3.16. The van der Waals surface area contributed by atoms with Gasteiger partial charge in [-0.2, -0.15) is 0 Å². The van der Waals surface area contributed by atoms with Gasteiger partial charge in [0, 0.05) is 18.7 Å². The van der Waals surface area contributed by atoms with Crippen LogP contribution < -0.4 is 15.8 Å². The summed E-state index contributed by atoms with van der Waals surface area (Å²) in [7, 11) is 0. The molecule has 0 aliphatic carbocycles. The van der Waals surface area contributed by atoms with E-state index in [9.17, 15) is 31.5 Å². The number of primary amides is 1. The van der Waals surface area contributed by atoms with E-state index in [4.69, 9.17) is 5.73 Å². The highest BCUT2D eigenvalue weighted by atomic mass is 19.4. The van der Waals surface area contributed by atoms with E-state index in [0.717, 1.165) is 23.2 Å². The van der Waals surface area contributed by atoms with E-state index in [1.165, 1.54) is 18.2 Å². The number of anilines is 2. The molecule has 0 aromatic carbocycles. The summed E-state index contributed by atoms with van der Waals surface area (Å²) in [4.78, 5) is 32.6. The first-order chi connectivity index (χ1) is 15.4. The highest BCUT2D eigenvalue weighted by Gasteiger charge is 2.43. The number of halogens is 5. The minimum atomic E-state index is -4.89. The summed E-state index contributed by atoms with van der Waals surface area (Å²) in [6.45, 7) is -1.26. The maximum Gasteiger partial charge on any atom is 0.573 e. The number of rotatable bonds is 6. The molecular weight excluding hydrogens is 457 g/mol. The number of hydrogen-bond acceptors (Lipinski definition) is 7. The number of carbonyl (C=O) groups is 2. The molecule has 0 saturated carbocycles. The van der Waals surface area contributed by atoms with E-state index >= 15 is 0 Å². The molecule has 3 heterocycles. The monoisotopic (exact) mass is 475 g/mol. The van der Waals surface area contributed by atoms with Crippen molar-refractivity contribution in [1.82, 2.24) is 14.9 Å². The van der Waals surface area contributed by atoms with Crippen molar-refractivity contribution in [3.63, 3.8) is 0 Å². The molecule has 2 aromatic rings. The van der Waals surface area contributed by atoms with Crippen LogP contribution in [-0.4, -0.2) is 58.3 Å². The topological polar surface area (TPSA) is 120 Å². The van der Waals surface area contributed by atoms with Gasteiger partial charge in [0.1, 0.15) is 29.7 Å². The van der Waals surface area contributed by atoms with Crippen LogP contribution >= 0.6 is 0 Å². The van der Waals surface area contributed by atoms with Gasteiger partial charge in [-0.1, -0.05) is 6.07 Å². The quantitative estimate of drug-likeness (QED) is 0.614.